The van der Waals surface area contributed by atoms with Crippen LogP contribution in [0.1, 0.15) is 72.2 Å². The van der Waals surface area contributed by atoms with Crippen molar-refractivity contribution in [2.75, 3.05) is 4.90 Å². The van der Waals surface area contributed by atoms with E-state index in [-0.39, 0.29) is 17.5 Å². The van der Waals surface area contributed by atoms with E-state index in [9.17, 15) is 0 Å². The lowest BCUT2D eigenvalue weighted by Gasteiger charge is -2.55. The van der Waals surface area contributed by atoms with Crippen molar-refractivity contribution >= 4 is 40.2 Å². The van der Waals surface area contributed by atoms with Crippen molar-refractivity contribution in [2.24, 2.45) is 0 Å². The molecular weight excluding hydrogens is 541 g/mol. The first-order chi connectivity index (χ1) is 21.9. The van der Waals surface area contributed by atoms with Gasteiger partial charge >= 0.3 is 0 Å². The minimum absolute atomic E-state index is 0.113. The van der Waals surface area contributed by atoms with Gasteiger partial charge in [-0.15, -0.1) is 0 Å². The summed E-state index contributed by atoms with van der Waals surface area (Å²) in [6.07, 6.45) is 0. The third-order valence-corrected chi connectivity index (χ3v) is 11.8. The topological polar surface area (TPSA) is 3.24 Å². The maximum absolute atomic E-state index is 2.48. The normalized spacial score (nSPS) is 17.8. The van der Waals surface area contributed by atoms with E-state index >= 15 is 0 Å². The van der Waals surface area contributed by atoms with Crippen LogP contribution < -0.4 is 21.3 Å². The van der Waals surface area contributed by atoms with Crippen LogP contribution in [0.15, 0.2) is 133 Å². The summed E-state index contributed by atoms with van der Waals surface area (Å²) in [7, 11) is 0. The summed E-state index contributed by atoms with van der Waals surface area (Å²) in [5.41, 5.74) is 19.1. The van der Waals surface area contributed by atoms with Gasteiger partial charge in [0.25, 0.3) is 0 Å². The van der Waals surface area contributed by atoms with Crippen molar-refractivity contribution in [3.8, 4) is 0 Å². The molecule has 0 aliphatic carbocycles. The second-order valence-electron chi connectivity index (χ2n) is 14.4. The van der Waals surface area contributed by atoms with Crippen LogP contribution in [0.2, 0.25) is 0 Å². The second kappa shape index (κ2) is 8.26. The zero-order valence-corrected chi connectivity index (χ0v) is 26.2. The van der Waals surface area contributed by atoms with Crippen molar-refractivity contribution in [3.05, 3.63) is 178 Å². The maximum Gasteiger partial charge on any atom is 0.243 e. The number of hydrogen-bond acceptors (Lipinski definition) is 1. The number of fused-ring (bicyclic) bond motifs is 6. The Labute approximate surface area is 266 Å². The SMILES string of the molecule is CC1(C)c2cccc3c2B2c4c1cccc4C1(c4ccccc4N(c4ccccc4)c4ccccc41)c1cccc(c12)C3(C)C. The first-order valence-electron chi connectivity index (χ1n) is 16.3. The molecule has 4 aliphatic heterocycles. The van der Waals surface area contributed by atoms with Crippen LogP contribution in [-0.2, 0) is 16.2 Å². The summed E-state index contributed by atoms with van der Waals surface area (Å²) < 4.78 is 0. The average Bonchev–Trinajstić information content (AvgIpc) is 3.07. The zero-order chi connectivity index (χ0) is 30.3. The van der Waals surface area contributed by atoms with E-state index in [0.29, 0.717) is 0 Å². The zero-order valence-electron chi connectivity index (χ0n) is 26.2. The molecule has 6 aromatic carbocycles. The van der Waals surface area contributed by atoms with Crippen LogP contribution in [0, 0.1) is 0 Å². The van der Waals surface area contributed by atoms with E-state index in [2.05, 4.69) is 166 Å². The van der Waals surface area contributed by atoms with Gasteiger partial charge < -0.3 is 4.90 Å². The lowest BCUT2D eigenvalue weighted by atomic mass is 9.23. The molecule has 0 unspecified atom stereocenters. The summed E-state index contributed by atoms with van der Waals surface area (Å²) in [6.45, 7) is 10.0. The van der Waals surface area contributed by atoms with Crippen LogP contribution >= 0.6 is 0 Å². The Morgan fingerprint density at radius 2 is 0.733 bits per heavy atom. The molecule has 1 nitrogen and oxygen atoms in total. The highest BCUT2D eigenvalue weighted by molar-refractivity contribution is 6.98. The molecule has 4 aliphatic rings. The van der Waals surface area contributed by atoms with E-state index in [0.717, 1.165) is 0 Å². The molecule has 0 N–H and O–H groups in total. The predicted molar refractivity (Wildman–Crippen MR) is 188 cm³/mol. The van der Waals surface area contributed by atoms with Crippen LogP contribution in [0.25, 0.3) is 0 Å². The lowest BCUT2D eigenvalue weighted by Crippen LogP contribution is -2.72. The van der Waals surface area contributed by atoms with Crippen molar-refractivity contribution in [1.82, 2.24) is 0 Å². The molecule has 0 radical (unpaired) electrons. The van der Waals surface area contributed by atoms with Crippen LogP contribution in [-0.4, -0.2) is 6.71 Å². The van der Waals surface area contributed by atoms with E-state index in [4.69, 9.17) is 0 Å². The molecule has 0 saturated carbocycles. The average molecular weight is 576 g/mol. The van der Waals surface area contributed by atoms with Crippen LogP contribution in [0.5, 0.6) is 0 Å². The highest BCUT2D eigenvalue weighted by atomic mass is 15.2. The Balaban J connectivity index is 1.43. The second-order valence-corrected chi connectivity index (χ2v) is 14.4. The maximum atomic E-state index is 2.48. The molecule has 2 heteroatoms. The molecule has 0 fully saturated rings. The summed E-state index contributed by atoms with van der Waals surface area (Å²) >= 11 is 0. The van der Waals surface area contributed by atoms with Crippen molar-refractivity contribution in [2.45, 2.75) is 43.9 Å². The van der Waals surface area contributed by atoms with Crippen LogP contribution in [0.3, 0.4) is 0 Å². The molecule has 4 heterocycles. The van der Waals surface area contributed by atoms with Gasteiger partial charge in [0.1, 0.15) is 0 Å². The fourth-order valence-corrected chi connectivity index (χ4v) is 10.0. The van der Waals surface area contributed by atoms with Gasteiger partial charge in [0.15, 0.2) is 0 Å². The molecule has 1 spiro atoms. The van der Waals surface area contributed by atoms with Gasteiger partial charge in [-0.2, -0.15) is 0 Å². The predicted octanol–water partition coefficient (Wildman–Crippen LogP) is 7.96. The van der Waals surface area contributed by atoms with Gasteiger partial charge in [0.05, 0.1) is 16.8 Å². The number of para-hydroxylation sites is 3. The summed E-state index contributed by atoms with van der Waals surface area (Å²) in [4.78, 5) is 2.48. The van der Waals surface area contributed by atoms with Crippen molar-refractivity contribution < 1.29 is 0 Å². The first kappa shape index (κ1) is 25.5. The van der Waals surface area contributed by atoms with Gasteiger partial charge in [-0.3, -0.25) is 0 Å². The van der Waals surface area contributed by atoms with Crippen LogP contribution in [0.4, 0.5) is 17.1 Å². The molecule has 45 heavy (non-hydrogen) atoms. The van der Waals surface area contributed by atoms with E-state index in [1.54, 1.807) is 5.46 Å². The fraction of sp³-hybridized carbons (Fsp3) is 0.163. The molecule has 0 amide bonds. The Hall–Kier alpha value is -4.82. The number of benzene rings is 6. The minimum Gasteiger partial charge on any atom is -0.310 e. The summed E-state index contributed by atoms with van der Waals surface area (Å²) in [5, 5.41) is 0. The van der Waals surface area contributed by atoms with E-state index < -0.39 is 5.41 Å². The van der Waals surface area contributed by atoms with E-state index in [1.165, 1.54) is 72.5 Å². The summed E-state index contributed by atoms with van der Waals surface area (Å²) in [6, 6.07) is 50.8. The molecule has 0 bridgehead atoms. The first-order valence-corrected chi connectivity index (χ1v) is 16.3. The number of hydrogen-bond donors (Lipinski definition) is 0. The van der Waals surface area contributed by atoms with Gasteiger partial charge in [-0.1, -0.05) is 153 Å². The third kappa shape index (κ3) is 2.80. The largest absolute Gasteiger partial charge is 0.310 e. The van der Waals surface area contributed by atoms with Crippen molar-refractivity contribution in [1.29, 1.82) is 0 Å². The van der Waals surface area contributed by atoms with Gasteiger partial charge in [-0.25, -0.2) is 0 Å². The Morgan fingerprint density at radius 3 is 1.20 bits per heavy atom. The monoisotopic (exact) mass is 575 g/mol. The Kier molecular flexibility index (Phi) is 4.68. The molecule has 6 aromatic rings. The molecule has 0 saturated heterocycles. The van der Waals surface area contributed by atoms with Crippen molar-refractivity contribution in [3.63, 3.8) is 0 Å². The minimum atomic E-state index is -0.457. The Bertz CT molecular complexity index is 2110. The highest BCUT2D eigenvalue weighted by Gasteiger charge is 2.58. The summed E-state index contributed by atoms with van der Waals surface area (Å²) in [5.74, 6) is 0. The molecule has 0 aromatic heterocycles. The third-order valence-electron chi connectivity index (χ3n) is 11.8. The quantitative estimate of drug-likeness (QED) is 0.180. The molecule has 10 rings (SSSR count). The molecular formula is C43H34BN. The highest BCUT2D eigenvalue weighted by Crippen LogP contribution is 2.59. The van der Waals surface area contributed by atoms with Gasteiger partial charge in [-0.05, 0) is 68.8 Å². The Morgan fingerprint density at radius 1 is 0.378 bits per heavy atom. The number of rotatable bonds is 1. The van der Waals surface area contributed by atoms with E-state index in [1.807, 2.05) is 0 Å². The molecule has 214 valence electrons. The number of anilines is 3. The fourth-order valence-electron chi connectivity index (χ4n) is 10.0. The number of nitrogens with zero attached hydrogens (tertiary/aromatic N) is 1. The van der Waals surface area contributed by atoms with Gasteiger partial charge in [0.2, 0.25) is 6.71 Å². The van der Waals surface area contributed by atoms with Gasteiger partial charge in [0, 0.05) is 16.5 Å². The smallest absolute Gasteiger partial charge is 0.243 e. The lowest BCUT2D eigenvalue weighted by molar-refractivity contribution is 0.613. The molecule has 0 atom stereocenters. The standard InChI is InChI=1S/C43H34BN/c1-41(2)30-19-12-20-31-38(30)44-39-32(41)21-13-23-34(39)43(35-24-14-22-33(40(35)44)42(31,3)4)28-17-8-10-25-36(28)45(27-15-6-5-7-16-27)37-26-11-9-18-29(37)43/h5-26H,1-4H3.